The SMILES string of the molecule is CCCC(Br)OCC1(CC)COC1. The van der Waals surface area contributed by atoms with E-state index in [1.54, 1.807) is 0 Å². The Morgan fingerprint density at radius 3 is 2.54 bits per heavy atom. The van der Waals surface area contributed by atoms with Crippen molar-refractivity contribution in [2.75, 3.05) is 19.8 Å². The van der Waals surface area contributed by atoms with Crippen molar-refractivity contribution in [3.05, 3.63) is 0 Å². The number of rotatable bonds is 6. The molecule has 13 heavy (non-hydrogen) atoms. The van der Waals surface area contributed by atoms with Crippen molar-refractivity contribution in [3.8, 4) is 0 Å². The number of halogens is 1. The summed E-state index contributed by atoms with van der Waals surface area (Å²) in [7, 11) is 0. The van der Waals surface area contributed by atoms with Crippen molar-refractivity contribution in [1.29, 1.82) is 0 Å². The second-order valence-electron chi connectivity index (χ2n) is 3.86. The zero-order valence-electron chi connectivity index (χ0n) is 8.51. The molecule has 1 unspecified atom stereocenters. The highest BCUT2D eigenvalue weighted by molar-refractivity contribution is 9.09. The van der Waals surface area contributed by atoms with Gasteiger partial charge in [-0.25, -0.2) is 0 Å². The average Bonchev–Trinajstić information content (AvgIpc) is 2.04. The predicted molar refractivity (Wildman–Crippen MR) is 57.1 cm³/mol. The first kappa shape index (κ1) is 11.5. The molecule has 0 aromatic heterocycles. The van der Waals surface area contributed by atoms with E-state index in [-0.39, 0.29) is 5.01 Å². The molecule has 1 saturated heterocycles. The maximum absolute atomic E-state index is 5.72. The monoisotopic (exact) mass is 250 g/mol. The quantitative estimate of drug-likeness (QED) is 0.676. The summed E-state index contributed by atoms with van der Waals surface area (Å²) in [6.07, 6.45) is 3.39. The van der Waals surface area contributed by atoms with E-state index in [2.05, 4.69) is 29.8 Å². The van der Waals surface area contributed by atoms with Crippen molar-refractivity contribution < 1.29 is 9.47 Å². The van der Waals surface area contributed by atoms with Crippen LogP contribution in [0.25, 0.3) is 0 Å². The first-order valence-corrected chi connectivity index (χ1v) is 5.97. The van der Waals surface area contributed by atoms with Crippen LogP contribution in [0, 0.1) is 5.41 Å². The van der Waals surface area contributed by atoms with Crippen LogP contribution in [0.5, 0.6) is 0 Å². The largest absolute Gasteiger partial charge is 0.380 e. The van der Waals surface area contributed by atoms with E-state index in [1.807, 2.05) is 0 Å². The Hall–Kier alpha value is 0.400. The highest BCUT2D eigenvalue weighted by Gasteiger charge is 2.37. The molecule has 0 amide bonds. The van der Waals surface area contributed by atoms with Crippen molar-refractivity contribution in [2.24, 2.45) is 5.41 Å². The van der Waals surface area contributed by atoms with Gasteiger partial charge in [-0.1, -0.05) is 36.2 Å². The van der Waals surface area contributed by atoms with Crippen molar-refractivity contribution >= 4 is 15.9 Å². The smallest absolute Gasteiger partial charge is 0.112 e. The molecule has 1 fully saturated rings. The Kier molecular flexibility index (Phi) is 4.70. The van der Waals surface area contributed by atoms with Gasteiger partial charge in [0.25, 0.3) is 0 Å². The van der Waals surface area contributed by atoms with E-state index in [9.17, 15) is 0 Å². The molecule has 3 heteroatoms. The minimum Gasteiger partial charge on any atom is -0.380 e. The Bertz CT molecular complexity index is 140. The predicted octanol–water partition coefficient (Wildman–Crippen LogP) is 2.95. The summed E-state index contributed by atoms with van der Waals surface area (Å²) in [5.74, 6) is 0. The summed E-state index contributed by atoms with van der Waals surface area (Å²) in [5, 5.41) is 0.224. The fourth-order valence-corrected chi connectivity index (χ4v) is 1.95. The van der Waals surface area contributed by atoms with Crippen molar-refractivity contribution in [3.63, 3.8) is 0 Å². The number of hydrogen-bond donors (Lipinski definition) is 0. The van der Waals surface area contributed by atoms with Crippen LogP contribution in [0.2, 0.25) is 0 Å². The number of hydrogen-bond acceptors (Lipinski definition) is 2. The van der Waals surface area contributed by atoms with Gasteiger partial charge in [0.2, 0.25) is 0 Å². The Labute approximate surface area is 89.1 Å². The molecule has 0 aromatic carbocycles. The van der Waals surface area contributed by atoms with Crippen molar-refractivity contribution in [2.45, 2.75) is 38.1 Å². The van der Waals surface area contributed by atoms with Gasteiger partial charge >= 0.3 is 0 Å². The molecule has 1 aliphatic rings. The second kappa shape index (κ2) is 5.32. The lowest BCUT2D eigenvalue weighted by atomic mass is 9.84. The van der Waals surface area contributed by atoms with E-state index in [1.165, 1.54) is 0 Å². The third kappa shape index (κ3) is 3.22. The maximum atomic E-state index is 5.72. The lowest BCUT2D eigenvalue weighted by Crippen LogP contribution is -2.46. The minimum absolute atomic E-state index is 0.224. The van der Waals surface area contributed by atoms with Gasteiger partial charge in [-0.2, -0.15) is 0 Å². The van der Waals surface area contributed by atoms with Crippen LogP contribution < -0.4 is 0 Å². The summed E-state index contributed by atoms with van der Waals surface area (Å²) in [6.45, 7) is 6.94. The van der Waals surface area contributed by atoms with Gasteiger partial charge in [-0.05, 0) is 12.8 Å². The van der Waals surface area contributed by atoms with Gasteiger partial charge in [0.15, 0.2) is 0 Å². The summed E-state index contributed by atoms with van der Waals surface area (Å²) >= 11 is 3.51. The molecule has 1 atom stereocenters. The van der Waals surface area contributed by atoms with Gasteiger partial charge in [-0.15, -0.1) is 0 Å². The highest BCUT2D eigenvalue weighted by atomic mass is 79.9. The molecule has 78 valence electrons. The average molecular weight is 251 g/mol. The molecule has 0 radical (unpaired) electrons. The molecule has 0 aliphatic carbocycles. The van der Waals surface area contributed by atoms with E-state index in [0.717, 1.165) is 39.1 Å². The van der Waals surface area contributed by atoms with Crippen LogP contribution in [-0.4, -0.2) is 24.8 Å². The molecular weight excluding hydrogens is 232 g/mol. The molecule has 0 aromatic rings. The van der Waals surface area contributed by atoms with Crippen LogP contribution in [0.3, 0.4) is 0 Å². The summed E-state index contributed by atoms with van der Waals surface area (Å²) < 4.78 is 10.9. The topological polar surface area (TPSA) is 18.5 Å². The lowest BCUT2D eigenvalue weighted by Gasteiger charge is -2.40. The summed E-state index contributed by atoms with van der Waals surface area (Å²) in [6, 6.07) is 0. The van der Waals surface area contributed by atoms with Gasteiger partial charge in [-0.3, -0.25) is 0 Å². The second-order valence-corrected chi connectivity index (χ2v) is 4.88. The Morgan fingerprint density at radius 1 is 1.46 bits per heavy atom. The first-order chi connectivity index (χ1) is 6.22. The molecule has 2 nitrogen and oxygen atoms in total. The fourth-order valence-electron chi connectivity index (χ4n) is 1.36. The Morgan fingerprint density at radius 2 is 2.15 bits per heavy atom. The number of alkyl halides is 1. The maximum Gasteiger partial charge on any atom is 0.112 e. The van der Waals surface area contributed by atoms with E-state index >= 15 is 0 Å². The van der Waals surface area contributed by atoms with Crippen LogP contribution in [0.4, 0.5) is 0 Å². The molecule has 0 spiro atoms. The van der Waals surface area contributed by atoms with E-state index in [4.69, 9.17) is 9.47 Å². The van der Waals surface area contributed by atoms with Crippen LogP contribution in [0.15, 0.2) is 0 Å². The standard InChI is InChI=1S/C10H19BrO2/c1-3-5-9(11)13-8-10(4-2)6-12-7-10/h9H,3-8H2,1-2H3. The zero-order valence-corrected chi connectivity index (χ0v) is 10.1. The summed E-state index contributed by atoms with van der Waals surface area (Å²) in [5.41, 5.74) is 0.319. The number of ether oxygens (including phenoxy) is 2. The van der Waals surface area contributed by atoms with E-state index in [0.29, 0.717) is 5.41 Å². The lowest BCUT2D eigenvalue weighted by molar-refractivity contribution is -0.152. The zero-order chi connectivity index (χ0) is 9.73. The molecule has 1 heterocycles. The molecule has 1 rings (SSSR count). The van der Waals surface area contributed by atoms with Crippen molar-refractivity contribution in [1.82, 2.24) is 0 Å². The van der Waals surface area contributed by atoms with Gasteiger partial charge in [0.1, 0.15) is 5.01 Å². The summed E-state index contributed by atoms with van der Waals surface area (Å²) in [4.78, 5) is 0. The molecule has 0 saturated carbocycles. The molecule has 0 N–H and O–H groups in total. The highest BCUT2D eigenvalue weighted by Crippen LogP contribution is 2.32. The third-order valence-electron chi connectivity index (χ3n) is 2.65. The van der Waals surface area contributed by atoms with Crippen LogP contribution in [-0.2, 0) is 9.47 Å². The molecular formula is C10H19BrO2. The van der Waals surface area contributed by atoms with Crippen LogP contribution in [0.1, 0.15) is 33.1 Å². The van der Waals surface area contributed by atoms with E-state index < -0.39 is 0 Å². The minimum atomic E-state index is 0.224. The van der Waals surface area contributed by atoms with Gasteiger partial charge in [0.05, 0.1) is 19.8 Å². The first-order valence-electron chi connectivity index (χ1n) is 5.06. The fraction of sp³-hybridized carbons (Fsp3) is 1.00. The Balaban J connectivity index is 2.16. The van der Waals surface area contributed by atoms with Gasteiger partial charge in [0, 0.05) is 5.41 Å². The normalized spacial score (nSPS) is 22.4. The third-order valence-corrected chi connectivity index (χ3v) is 3.37. The van der Waals surface area contributed by atoms with Crippen LogP contribution >= 0.6 is 15.9 Å². The molecule has 1 aliphatic heterocycles. The van der Waals surface area contributed by atoms with Gasteiger partial charge < -0.3 is 9.47 Å². The molecule has 0 bridgehead atoms.